The maximum Gasteiger partial charge on any atom is 0.223 e. The number of nitrogens with zero attached hydrogens (tertiary/aromatic N) is 3. The summed E-state index contributed by atoms with van der Waals surface area (Å²) in [7, 11) is 0. The standard InChI is InChI=1S/C23H26N4O2/c1-17-15-29-16-27-22(14-24-26-27)12-11-21(23(28)25-17)13-18-7-9-20(10-8-18)19-5-3-2-4-6-19/h2-10,14,17,21H,11-13,15-16H2,1H3,(H,25,28)/t17-,21-/m1/s1. The van der Waals surface area contributed by atoms with Crippen molar-refractivity contribution in [2.24, 2.45) is 5.92 Å². The van der Waals surface area contributed by atoms with E-state index >= 15 is 0 Å². The van der Waals surface area contributed by atoms with Crippen LogP contribution in [0.15, 0.2) is 60.8 Å². The Labute approximate surface area is 170 Å². The van der Waals surface area contributed by atoms with E-state index in [1.807, 2.05) is 25.1 Å². The average molecular weight is 390 g/mol. The van der Waals surface area contributed by atoms with E-state index < -0.39 is 0 Å². The monoisotopic (exact) mass is 390 g/mol. The SMILES string of the molecule is C[C@@H]1COCn2nncc2CC[C@H](Cc2ccc(-c3ccccc3)cc2)C(=O)N1. The third-order valence-corrected chi connectivity index (χ3v) is 5.33. The number of fused-ring (bicyclic) bond motifs is 1. The second-order valence-electron chi connectivity index (χ2n) is 7.64. The second kappa shape index (κ2) is 9.01. The van der Waals surface area contributed by atoms with Crippen molar-refractivity contribution in [3.05, 3.63) is 72.1 Å². The van der Waals surface area contributed by atoms with E-state index in [0.29, 0.717) is 19.8 Å². The molecule has 6 nitrogen and oxygen atoms in total. The average Bonchev–Trinajstić information content (AvgIpc) is 3.18. The van der Waals surface area contributed by atoms with Gasteiger partial charge in [0.1, 0.15) is 6.73 Å². The molecular formula is C23H26N4O2. The van der Waals surface area contributed by atoms with Crippen molar-refractivity contribution in [2.45, 2.75) is 39.0 Å². The zero-order valence-electron chi connectivity index (χ0n) is 16.6. The minimum atomic E-state index is -0.110. The number of hydrogen-bond donors (Lipinski definition) is 1. The molecule has 2 atom stereocenters. The molecule has 150 valence electrons. The summed E-state index contributed by atoms with van der Waals surface area (Å²) in [5.41, 5.74) is 4.54. The lowest BCUT2D eigenvalue weighted by Gasteiger charge is -2.19. The lowest BCUT2D eigenvalue weighted by molar-refractivity contribution is -0.126. The Hall–Kier alpha value is -2.99. The largest absolute Gasteiger partial charge is 0.357 e. The topological polar surface area (TPSA) is 69.0 Å². The van der Waals surface area contributed by atoms with Crippen molar-refractivity contribution in [2.75, 3.05) is 6.61 Å². The quantitative estimate of drug-likeness (QED) is 0.746. The molecule has 4 rings (SSSR count). The van der Waals surface area contributed by atoms with Crippen LogP contribution in [0.5, 0.6) is 0 Å². The Bertz CT molecular complexity index is 937. The number of carbonyl (C=O) groups is 1. The number of aromatic nitrogens is 3. The highest BCUT2D eigenvalue weighted by molar-refractivity contribution is 5.79. The summed E-state index contributed by atoms with van der Waals surface area (Å²) >= 11 is 0. The van der Waals surface area contributed by atoms with E-state index in [0.717, 1.165) is 24.1 Å². The molecule has 3 aromatic rings. The lowest BCUT2D eigenvalue weighted by Crippen LogP contribution is -2.40. The van der Waals surface area contributed by atoms with Crippen molar-refractivity contribution >= 4 is 5.91 Å². The predicted molar refractivity (Wildman–Crippen MR) is 111 cm³/mol. The lowest BCUT2D eigenvalue weighted by atomic mass is 9.92. The fraction of sp³-hybridized carbons (Fsp3) is 0.348. The first-order valence-corrected chi connectivity index (χ1v) is 10.1. The molecule has 29 heavy (non-hydrogen) atoms. The summed E-state index contributed by atoms with van der Waals surface area (Å²) in [4.78, 5) is 12.9. The van der Waals surface area contributed by atoms with Gasteiger partial charge in [0.2, 0.25) is 5.91 Å². The van der Waals surface area contributed by atoms with E-state index in [1.54, 1.807) is 10.9 Å². The Morgan fingerprint density at radius 1 is 1.10 bits per heavy atom. The number of aryl methyl sites for hydroxylation is 1. The minimum Gasteiger partial charge on any atom is -0.357 e. The van der Waals surface area contributed by atoms with Crippen LogP contribution in [0, 0.1) is 5.92 Å². The number of rotatable bonds is 3. The maximum absolute atomic E-state index is 12.9. The van der Waals surface area contributed by atoms with Crippen LogP contribution in [-0.4, -0.2) is 33.5 Å². The molecule has 0 saturated carbocycles. The van der Waals surface area contributed by atoms with Gasteiger partial charge >= 0.3 is 0 Å². The fourth-order valence-electron chi connectivity index (χ4n) is 3.70. The second-order valence-corrected chi connectivity index (χ2v) is 7.64. The van der Waals surface area contributed by atoms with Crippen LogP contribution in [0.1, 0.15) is 24.6 Å². The zero-order valence-corrected chi connectivity index (χ0v) is 16.6. The molecule has 6 heteroatoms. The molecular weight excluding hydrogens is 364 g/mol. The van der Waals surface area contributed by atoms with E-state index in [2.05, 4.69) is 52.0 Å². The van der Waals surface area contributed by atoms with E-state index in [-0.39, 0.29) is 17.9 Å². The van der Waals surface area contributed by atoms with Crippen molar-refractivity contribution in [1.82, 2.24) is 20.3 Å². The van der Waals surface area contributed by atoms with Gasteiger partial charge in [-0.3, -0.25) is 4.79 Å². The van der Waals surface area contributed by atoms with Crippen molar-refractivity contribution < 1.29 is 9.53 Å². The van der Waals surface area contributed by atoms with E-state index in [9.17, 15) is 4.79 Å². The highest BCUT2D eigenvalue weighted by Gasteiger charge is 2.22. The third-order valence-electron chi connectivity index (χ3n) is 5.33. The number of amides is 1. The fourth-order valence-corrected chi connectivity index (χ4v) is 3.70. The van der Waals surface area contributed by atoms with Gasteiger partial charge in [-0.15, -0.1) is 5.10 Å². The van der Waals surface area contributed by atoms with E-state index in [4.69, 9.17) is 4.74 Å². The van der Waals surface area contributed by atoms with Gasteiger partial charge in [-0.2, -0.15) is 0 Å². The number of benzene rings is 2. The first kappa shape index (κ1) is 19.3. The van der Waals surface area contributed by atoms with Crippen molar-refractivity contribution in [1.29, 1.82) is 0 Å². The van der Waals surface area contributed by atoms with Gasteiger partial charge in [0, 0.05) is 12.0 Å². The van der Waals surface area contributed by atoms with Crippen LogP contribution in [0.25, 0.3) is 11.1 Å². The molecule has 1 aromatic heterocycles. The molecule has 1 aliphatic heterocycles. The van der Waals surface area contributed by atoms with Gasteiger partial charge in [0.15, 0.2) is 0 Å². The number of nitrogens with one attached hydrogen (secondary N) is 1. The summed E-state index contributed by atoms with van der Waals surface area (Å²) < 4.78 is 7.44. The molecule has 0 saturated heterocycles. The van der Waals surface area contributed by atoms with E-state index in [1.165, 1.54) is 11.1 Å². The summed E-state index contributed by atoms with van der Waals surface area (Å²) in [5, 5.41) is 11.2. The molecule has 0 fully saturated rings. The number of ether oxygens (including phenoxy) is 1. The molecule has 2 heterocycles. The molecule has 1 N–H and O–H groups in total. The summed E-state index contributed by atoms with van der Waals surface area (Å²) in [6.07, 6.45) is 3.95. The smallest absolute Gasteiger partial charge is 0.223 e. The Kier molecular flexibility index (Phi) is 6.00. The maximum atomic E-state index is 12.9. The molecule has 2 aromatic carbocycles. The third kappa shape index (κ3) is 4.90. The van der Waals surface area contributed by atoms with Gasteiger partial charge < -0.3 is 10.1 Å². The van der Waals surface area contributed by atoms with Crippen molar-refractivity contribution in [3.63, 3.8) is 0 Å². The van der Waals surface area contributed by atoms with Crippen LogP contribution < -0.4 is 5.32 Å². The Balaban J connectivity index is 1.50. The van der Waals surface area contributed by atoms with Gasteiger partial charge in [-0.1, -0.05) is 59.8 Å². The first-order chi connectivity index (χ1) is 14.2. The van der Waals surface area contributed by atoms with Crippen LogP contribution in [-0.2, 0) is 29.1 Å². The van der Waals surface area contributed by atoms with Gasteiger partial charge in [-0.05, 0) is 42.9 Å². The number of hydrogen-bond acceptors (Lipinski definition) is 4. The van der Waals surface area contributed by atoms with Crippen molar-refractivity contribution in [3.8, 4) is 11.1 Å². The Morgan fingerprint density at radius 3 is 2.66 bits per heavy atom. The first-order valence-electron chi connectivity index (χ1n) is 10.1. The summed E-state index contributed by atoms with van der Waals surface area (Å²) in [6.45, 7) is 2.77. The zero-order chi connectivity index (χ0) is 20.1. The van der Waals surface area contributed by atoms with Gasteiger partial charge in [-0.25, -0.2) is 4.68 Å². The molecule has 1 amide bonds. The summed E-state index contributed by atoms with van der Waals surface area (Å²) in [6, 6.07) is 18.8. The number of carbonyl (C=O) groups excluding carboxylic acids is 1. The molecule has 0 spiro atoms. The molecule has 0 aliphatic carbocycles. The van der Waals surface area contributed by atoms with Crippen LogP contribution in [0.4, 0.5) is 0 Å². The normalized spacial score (nSPS) is 20.4. The molecule has 0 unspecified atom stereocenters. The highest BCUT2D eigenvalue weighted by atomic mass is 16.5. The van der Waals surface area contributed by atoms with Gasteiger partial charge in [0.25, 0.3) is 0 Å². The van der Waals surface area contributed by atoms with Crippen LogP contribution in [0.3, 0.4) is 0 Å². The molecule has 0 radical (unpaired) electrons. The highest BCUT2D eigenvalue weighted by Crippen LogP contribution is 2.22. The molecule has 0 bridgehead atoms. The molecule has 1 aliphatic rings. The predicted octanol–water partition coefficient (Wildman–Crippen LogP) is 3.23. The van der Waals surface area contributed by atoms with Crippen LogP contribution >= 0.6 is 0 Å². The summed E-state index contributed by atoms with van der Waals surface area (Å²) in [5.74, 6) is -0.0318. The van der Waals surface area contributed by atoms with Crippen LogP contribution in [0.2, 0.25) is 0 Å². The minimum absolute atomic E-state index is 0.0458. The Morgan fingerprint density at radius 2 is 1.86 bits per heavy atom. The van der Waals surface area contributed by atoms with Gasteiger partial charge in [0.05, 0.1) is 18.5 Å².